The lowest BCUT2D eigenvalue weighted by Crippen LogP contribution is -2.52. The van der Waals surface area contributed by atoms with Gasteiger partial charge in [0.15, 0.2) is 0 Å². The lowest BCUT2D eigenvalue weighted by atomic mass is 9.78. The minimum atomic E-state index is 0.742. The number of hydrogen-bond acceptors (Lipinski definition) is 3. The van der Waals surface area contributed by atoms with Crippen LogP contribution in [0.25, 0.3) is 0 Å². The normalized spacial score (nSPS) is 23.7. The predicted molar refractivity (Wildman–Crippen MR) is 78.0 cm³/mol. The van der Waals surface area contributed by atoms with E-state index in [9.17, 15) is 0 Å². The first-order valence-electron chi connectivity index (χ1n) is 7.62. The summed E-state index contributed by atoms with van der Waals surface area (Å²) in [6.07, 6.45) is 3.99. The maximum Gasteiger partial charge on any atom is 0.0589 e. The van der Waals surface area contributed by atoms with Gasteiger partial charge < -0.3 is 10.1 Å². The molecule has 2 atom stereocenters. The third-order valence-corrected chi connectivity index (χ3v) is 3.86. The lowest BCUT2D eigenvalue weighted by molar-refractivity contribution is 0.0322. The van der Waals surface area contributed by atoms with Gasteiger partial charge in [-0.1, -0.05) is 20.8 Å². The predicted octanol–water partition coefficient (Wildman–Crippen LogP) is 2.37. The average molecular weight is 256 g/mol. The Balaban J connectivity index is 2.35. The molecule has 1 aliphatic rings. The van der Waals surface area contributed by atoms with Crippen molar-refractivity contribution in [2.75, 3.05) is 39.9 Å². The quantitative estimate of drug-likeness (QED) is 0.607. The Bertz CT molecular complexity index is 209. The van der Waals surface area contributed by atoms with Crippen molar-refractivity contribution in [1.29, 1.82) is 0 Å². The summed E-state index contributed by atoms with van der Waals surface area (Å²) in [7, 11) is 1.80. The molecule has 108 valence electrons. The van der Waals surface area contributed by atoms with E-state index >= 15 is 0 Å². The molecule has 0 aromatic rings. The number of rotatable bonds is 10. The van der Waals surface area contributed by atoms with Gasteiger partial charge in [0.1, 0.15) is 0 Å². The van der Waals surface area contributed by atoms with Gasteiger partial charge in [0, 0.05) is 26.2 Å². The molecule has 0 heterocycles. The van der Waals surface area contributed by atoms with Gasteiger partial charge in [0.25, 0.3) is 0 Å². The topological polar surface area (TPSA) is 24.5 Å². The van der Waals surface area contributed by atoms with Gasteiger partial charge >= 0.3 is 0 Å². The van der Waals surface area contributed by atoms with Gasteiger partial charge in [-0.15, -0.1) is 0 Å². The molecule has 0 spiro atoms. The van der Waals surface area contributed by atoms with Crippen molar-refractivity contribution in [3.05, 3.63) is 0 Å². The molecule has 1 fully saturated rings. The molecule has 0 saturated heterocycles. The molecule has 0 bridgehead atoms. The van der Waals surface area contributed by atoms with E-state index in [0.717, 1.165) is 37.6 Å². The van der Waals surface area contributed by atoms with Gasteiger partial charge in [0.2, 0.25) is 0 Å². The van der Waals surface area contributed by atoms with E-state index < -0.39 is 0 Å². The summed E-state index contributed by atoms with van der Waals surface area (Å²) < 4.78 is 5.25. The van der Waals surface area contributed by atoms with E-state index in [1.807, 2.05) is 0 Å². The van der Waals surface area contributed by atoms with E-state index in [0.29, 0.717) is 0 Å². The highest BCUT2D eigenvalue weighted by molar-refractivity contribution is 4.90. The second kappa shape index (κ2) is 8.89. The highest BCUT2D eigenvalue weighted by Gasteiger charge is 2.34. The zero-order valence-electron chi connectivity index (χ0n) is 12.7. The summed E-state index contributed by atoms with van der Waals surface area (Å²) >= 11 is 0. The fourth-order valence-electron chi connectivity index (χ4n) is 2.80. The van der Waals surface area contributed by atoms with E-state index in [1.165, 1.54) is 32.4 Å². The smallest absolute Gasteiger partial charge is 0.0589 e. The van der Waals surface area contributed by atoms with Gasteiger partial charge in [0.05, 0.1) is 6.61 Å². The molecule has 1 N–H and O–H groups in total. The molecule has 2 unspecified atom stereocenters. The summed E-state index contributed by atoms with van der Waals surface area (Å²) in [5.74, 6) is 1.60. The number of nitrogens with zero attached hydrogens (tertiary/aromatic N) is 1. The van der Waals surface area contributed by atoms with Crippen LogP contribution in [-0.2, 0) is 4.74 Å². The third kappa shape index (κ3) is 5.25. The van der Waals surface area contributed by atoms with Crippen molar-refractivity contribution >= 4 is 0 Å². The second-order valence-electron chi connectivity index (χ2n) is 5.99. The van der Waals surface area contributed by atoms with Crippen LogP contribution < -0.4 is 5.32 Å². The zero-order chi connectivity index (χ0) is 13.4. The van der Waals surface area contributed by atoms with Crippen molar-refractivity contribution in [3.63, 3.8) is 0 Å². The van der Waals surface area contributed by atoms with Gasteiger partial charge in [-0.05, 0) is 44.2 Å². The van der Waals surface area contributed by atoms with Gasteiger partial charge in [-0.3, -0.25) is 4.90 Å². The Kier molecular flexibility index (Phi) is 7.87. The first-order chi connectivity index (χ1) is 8.69. The molecule has 3 heteroatoms. The Morgan fingerprint density at radius 3 is 2.61 bits per heavy atom. The van der Waals surface area contributed by atoms with Crippen LogP contribution in [0.2, 0.25) is 0 Å². The van der Waals surface area contributed by atoms with Crippen LogP contribution in [0.5, 0.6) is 0 Å². The largest absolute Gasteiger partial charge is 0.383 e. The van der Waals surface area contributed by atoms with Crippen molar-refractivity contribution in [2.24, 2.45) is 11.8 Å². The highest BCUT2D eigenvalue weighted by atomic mass is 16.5. The number of nitrogens with one attached hydrogen (secondary N) is 1. The molecule has 1 rings (SSSR count). The SMILES string of the molecule is CCCNCC1CCC1N(CCOC)CC(C)C. The Hall–Kier alpha value is -0.120. The molecule has 0 amide bonds. The maximum atomic E-state index is 5.25. The number of hydrogen-bond donors (Lipinski definition) is 1. The standard InChI is InChI=1S/C15H32N2O/c1-5-8-16-11-14-6-7-15(14)17(9-10-18-4)12-13(2)3/h13-16H,5-12H2,1-4H3. The molecule has 3 nitrogen and oxygen atoms in total. The van der Waals surface area contributed by atoms with Crippen molar-refractivity contribution < 1.29 is 4.74 Å². The Morgan fingerprint density at radius 1 is 1.33 bits per heavy atom. The summed E-state index contributed by atoms with van der Waals surface area (Å²) in [6.45, 7) is 12.4. The Morgan fingerprint density at radius 2 is 2.11 bits per heavy atom. The van der Waals surface area contributed by atoms with Crippen LogP contribution in [0.15, 0.2) is 0 Å². The molecule has 0 radical (unpaired) electrons. The molecule has 0 aromatic heterocycles. The van der Waals surface area contributed by atoms with Crippen LogP contribution in [0.4, 0.5) is 0 Å². The minimum Gasteiger partial charge on any atom is -0.383 e. The van der Waals surface area contributed by atoms with Crippen LogP contribution in [0.1, 0.15) is 40.0 Å². The molecule has 0 aliphatic heterocycles. The first kappa shape index (κ1) is 15.9. The summed E-state index contributed by atoms with van der Waals surface area (Å²) in [4.78, 5) is 2.65. The van der Waals surface area contributed by atoms with Crippen molar-refractivity contribution in [2.45, 2.75) is 46.1 Å². The van der Waals surface area contributed by atoms with E-state index in [-0.39, 0.29) is 0 Å². The molecular formula is C15H32N2O. The van der Waals surface area contributed by atoms with Crippen molar-refractivity contribution in [3.8, 4) is 0 Å². The zero-order valence-corrected chi connectivity index (χ0v) is 12.7. The van der Waals surface area contributed by atoms with Gasteiger partial charge in [-0.2, -0.15) is 0 Å². The Labute approximate surface area is 113 Å². The summed E-state index contributed by atoms with van der Waals surface area (Å²) in [5, 5.41) is 3.57. The monoisotopic (exact) mass is 256 g/mol. The van der Waals surface area contributed by atoms with E-state index in [2.05, 4.69) is 31.0 Å². The minimum absolute atomic E-state index is 0.742. The van der Waals surface area contributed by atoms with E-state index in [1.54, 1.807) is 7.11 Å². The molecular weight excluding hydrogens is 224 g/mol. The molecule has 18 heavy (non-hydrogen) atoms. The fourth-order valence-corrected chi connectivity index (χ4v) is 2.80. The molecule has 1 aliphatic carbocycles. The molecule has 1 saturated carbocycles. The third-order valence-electron chi connectivity index (χ3n) is 3.86. The second-order valence-corrected chi connectivity index (χ2v) is 5.99. The average Bonchev–Trinajstić information content (AvgIpc) is 2.29. The van der Waals surface area contributed by atoms with Crippen LogP contribution in [-0.4, -0.2) is 50.8 Å². The van der Waals surface area contributed by atoms with Crippen LogP contribution in [0, 0.1) is 11.8 Å². The van der Waals surface area contributed by atoms with E-state index in [4.69, 9.17) is 4.74 Å². The molecule has 0 aromatic carbocycles. The number of methoxy groups -OCH3 is 1. The van der Waals surface area contributed by atoms with Crippen LogP contribution in [0.3, 0.4) is 0 Å². The summed E-state index contributed by atoms with van der Waals surface area (Å²) in [6, 6.07) is 0.784. The summed E-state index contributed by atoms with van der Waals surface area (Å²) in [5.41, 5.74) is 0. The first-order valence-corrected chi connectivity index (χ1v) is 7.62. The van der Waals surface area contributed by atoms with Gasteiger partial charge in [-0.25, -0.2) is 0 Å². The maximum absolute atomic E-state index is 5.25. The lowest BCUT2D eigenvalue weighted by Gasteiger charge is -2.45. The fraction of sp³-hybridized carbons (Fsp3) is 1.00. The van der Waals surface area contributed by atoms with Crippen LogP contribution >= 0.6 is 0 Å². The van der Waals surface area contributed by atoms with Crippen molar-refractivity contribution in [1.82, 2.24) is 10.2 Å². The highest BCUT2D eigenvalue weighted by Crippen LogP contribution is 2.32. The number of ether oxygens (including phenoxy) is 1.